The maximum absolute atomic E-state index is 12.7. The average Bonchev–Trinajstić information content (AvgIpc) is 3.11. The van der Waals surface area contributed by atoms with E-state index in [1.54, 1.807) is 23.5 Å². The first-order valence-electron chi connectivity index (χ1n) is 8.98. The summed E-state index contributed by atoms with van der Waals surface area (Å²) < 4.78 is 15.7. The Kier molecular flexibility index (Phi) is 6.57. The number of nitrogens with one attached hydrogen (secondary N) is 1. The molecule has 2 aromatic carbocycles. The van der Waals surface area contributed by atoms with E-state index in [-0.39, 0.29) is 6.42 Å². The van der Waals surface area contributed by atoms with Crippen molar-refractivity contribution in [2.45, 2.75) is 38.1 Å². The first kappa shape index (κ1) is 20.6. The molecule has 0 aliphatic carbocycles. The van der Waals surface area contributed by atoms with Gasteiger partial charge in [-0.05, 0) is 61.7 Å². The first-order chi connectivity index (χ1) is 13.3. The summed E-state index contributed by atoms with van der Waals surface area (Å²) in [5.74, 6) is -0.930. The highest BCUT2D eigenvalue weighted by Crippen LogP contribution is 2.36. The summed E-state index contributed by atoms with van der Waals surface area (Å²) in [7, 11) is 0. The maximum Gasteiger partial charge on any atom is 0.305 e. The zero-order chi connectivity index (χ0) is 20.3. The molecule has 2 N–H and O–H groups in total. The van der Waals surface area contributed by atoms with Crippen LogP contribution < -0.4 is 4.72 Å². The van der Waals surface area contributed by atoms with Crippen LogP contribution in [0.25, 0.3) is 10.4 Å². The van der Waals surface area contributed by atoms with Gasteiger partial charge in [0.15, 0.2) is 4.90 Å². The Labute approximate surface area is 172 Å². The number of rotatable bonds is 7. The van der Waals surface area contributed by atoms with E-state index >= 15 is 0 Å². The lowest BCUT2D eigenvalue weighted by Crippen LogP contribution is -2.29. The Balaban J connectivity index is 1.87. The van der Waals surface area contributed by atoms with Crippen LogP contribution in [0, 0.1) is 20.8 Å². The second-order valence-electron chi connectivity index (χ2n) is 6.82. The van der Waals surface area contributed by atoms with Crippen LogP contribution in [0.15, 0.2) is 59.5 Å². The molecule has 0 amide bonds. The van der Waals surface area contributed by atoms with Crippen LogP contribution in [0.4, 0.5) is 0 Å². The zero-order valence-electron chi connectivity index (χ0n) is 16.1. The van der Waals surface area contributed by atoms with Crippen molar-refractivity contribution in [2.24, 2.45) is 0 Å². The average molecular weight is 414 g/mol. The Morgan fingerprint density at radius 1 is 1.07 bits per heavy atom. The second kappa shape index (κ2) is 8.92. The number of hydrogen-bond acceptors (Lipinski definition) is 4. The van der Waals surface area contributed by atoms with Crippen LogP contribution in [-0.2, 0) is 16.2 Å². The van der Waals surface area contributed by atoms with E-state index in [2.05, 4.69) is 30.7 Å². The van der Waals surface area contributed by atoms with Crippen molar-refractivity contribution in [3.05, 3.63) is 76.2 Å². The molecule has 0 bridgehead atoms. The summed E-state index contributed by atoms with van der Waals surface area (Å²) in [6.45, 7) is 6.11. The van der Waals surface area contributed by atoms with Crippen LogP contribution in [0.5, 0.6) is 0 Å². The topological polar surface area (TPSA) is 72.4 Å². The van der Waals surface area contributed by atoms with Gasteiger partial charge in [0.05, 0.1) is 23.8 Å². The minimum absolute atomic E-state index is 0.135. The summed E-state index contributed by atoms with van der Waals surface area (Å²) in [6, 6.07) is 17.0. The monoisotopic (exact) mass is 413 g/mol. The van der Waals surface area contributed by atoms with Gasteiger partial charge in [-0.3, -0.25) is 4.79 Å². The second-order valence-corrected chi connectivity index (χ2v) is 9.18. The summed E-state index contributed by atoms with van der Waals surface area (Å²) >= 11 is 0.0544. The van der Waals surface area contributed by atoms with Gasteiger partial charge in [0, 0.05) is 9.75 Å². The summed E-state index contributed by atoms with van der Waals surface area (Å²) in [4.78, 5) is 14.0. The number of carboxylic acids is 1. The minimum atomic E-state index is -1.49. The van der Waals surface area contributed by atoms with Gasteiger partial charge in [0.1, 0.15) is 0 Å². The summed E-state index contributed by atoms with van der Waals surface area (Å²) in [5.41, 5.74) is 4.62. The number of hydrogen-bond donors (Lipinski definition) is 2. The van der Waals surface area contributed by atoms with Gasteiger partial charge in [-0.2, -0.15) is 0 Å². The summed E-state index contributed by atoms with van der Waals surface area (Å²) in [5, 5.41) is 9.34. The largest absolute Gasteiger partial charge is 0.593 e. The van der Waals surface area contributed by atoms with Crippen LogP contribution in [-0.4, -0.2) is 15.6 Å². The van der Waals surface area contributed by atoms with Crippen molar-refractivity contribution in [2.75, 3.05) is 0 Å². The number of aliphatic carboxylic acids is 1. The van der Waals surface area contributed by atoms with E-state index in [1.807, 2.05) is 37.3 Å². The number of carboxylic acid groups (broad SMARTS) is 1. The van der Waals surface area contributed by atoms with Crippen LogP contribution in [0.2, 0.25) is 0 Å². The fraction of sp³-hybridized carbons (Fsp3) is 0.227. The van der Waals surface area contributed by atoms with Crippen molar-refractivity contribution < 1.29 is 14.5 Å². The van der Waals surface area contributed by atoms with Gasteiger partial charge in [0.2, 0.25) is 0 Å². The molecule has 3 aromatic rings. The lowest BCUT2D eigenvalue weighted by atomic mass is 10.0. The zero-order valence-corrected chi connectivity index (χ0v) is 17.7. The molecule has 0 fully saturated rings. The highest BCUT2D eigenvalue weighted by atomic mass is 32.2. The molecule has 28 heavy (non-hydrogen) atoms. The first-order valence-corrected chi connectivity index (χ1v) is 10.9. The molecule has 4 nitrogen and oxygen atoms in total. The van der Waals surface area contributed by atoms with Gasteiger partial charge in [-0.1, -0.05) is 35.9 Å². The number of benzene rings is 2. The molecule has 2 atom stereocenters. The molecule has 0 aliphatic heterocycles. The van der Waals surface area contributed by atoms with Gasteiger partial charge >= 0.3 is 5.97 Å². The van der Waals surface area contributed by atoms with Gasteiger partial charge in [-0.25, -0.2) is 0 Å². The highest BCUT2D eigenvalue weighted by Gasteiger charge is 2.25. The molecule has 0 aliphatic rings. The number of carbonyl (C=O) groups is 1. The molecule has 1 aromatic heterocycles. The van der Waals surface area contributed by atoms with E-state index in [0.717, 1.165) is 15.3 Å². The SMILES string of the molecule is Cc1ccc([S@@+]([O-])NC(CC(=O)O)c2ccc(-c3c(C)cccc3C)s2)cc1. The predicted octanol–water partition coefficient (Wildman–Crippen LogP) is 5.17. The highest BCUT2D eigenvalue weighted by molar-refractivity contribution is 7.89. The third-order valence-corrected chi connectivity index (χ3v) is 6.98. The molecule has 1 unspecified atom stereocenters. The minimum Gasteiger partial charge on any atom is -0.593 e. The number of aryl methyl sites for hydroxylation is 3. The Bertz CT molecular complexity index is 946. The van der Waals surface area contributed by atoms with Crippen molar-refractivity contribution in [3.8, 4) is 10.4 Å². The lowest BCUT2D eigenvalue weighted by molar-refractivity contribution is -0.137. The maximum atomic E-state index is 12.7. The normalized spacial score (nSPS) is 13.3. The molecule has 1 heterocycles. The molecule has 0 saturated heterocycles. The van der Waals surface area contributed by atoms with Crippen molar-refractivity contribution in [3.63, 3.8) is 0 Å². The molecule has 0 radical (unpaired) electrons. The van der Waals surface area contributed by atoms with E-state index in [9.17, 15) is 14.5 Å². The van der Waals surface area contributed by atoms with Gasteiger partial charge < -0.3 is 9.66 Å². The molecule has 146 valence electrons. The van der Waals surface area contributed by atoms with Gasteiger partial charge in [0.25, 0.3) is 0 Å². The molecule has 3 rings (SSSR count). The fourth-order valence-corrected chi connectivity index (χ4v) is 5.41. The van der Waals surface area contributed by atoms with Crippen LogP contribution >= 0.6 is 11.3 Å². The molecule has 6 heteroatoms. The van der Waals surface area contributed by atoms with E-state index in [0.29, 0.717) is 4.90 Å². The summed E-state index contributed by atoms with van der Waals surface area (Å²) in [6.07, 6.45) is -0.135. The van der Waals surface area contributed by atoms with Crippen LogP contribution in [0.3, 0.4) is 0 Å². The Morgan fingerprint density at radius 2 is 1.71 bits per heavy atom. The van der Waals surface area contributed by atoms with Crippen molar-refractivity contribution in [1.82, 2.24) is 4.72 Å². The molecule has 0 spiro atoms. The van der Waals surface area contributed by atoms with Crippen molar-refractivity contribution >= 4 is 28.7 Å². The van der Waals surface area contributed by atoms with Crippen LogP contribution in [0.1, 0.15) is 34.0 Å². The van der Waals surface area contributed by atoms with E-state index in [1.165, 1.54) is 16.7 Å². The fourth-order valence-electron chi connectivity index (χ4n) is 3.11. The van der Waals surface area contributed by atoms with Crippen molar-refractivity contribution in [1.29, 1.82) is 0 Å². The van der Waals surface area contributed by atoms with E-state index < -0.39 is 23.4 Å². The third-order valence-electron chi connectivity index (χ3n) is 4.56. The molecular weight excluding hydrogens is 390 g/mol. The Morgan fingerprint density at radius 3 is 2.32 bits per heavy atom. The lowest BCUT2D eigenvalue weighted by Gasteiger charge is -2.18. The Hall–Kier alpha value is -2.12. The molecule has 0 saturated carbocycles. The quantitative estimate of drug-likeness (QED) is 0.524. The third kappa shape index (κ3) is 4.83. The standard InChI is InChI=1S/C22H23NO3S2/c1-14-7-9-17(10-8-14)28(26)23-18(13-21(24)25)19-11-12-20(27-19)22-15(2)5-4-6-16(22)3/h4-12,18,23H,13H2,1-3H3,(H,24,25)/t18?,28-/m1/s1. The molecular formula is C22H23NO3S2. The smallest absolute Gasteiger partial charge is 0.305 e. The number of thiophene rings is 1. The van der Waals surface area contributed by atoms with Gasteiger partial charge in [-0.15, -0.1) is 16.1 Å². The van der Waals surface area contributed by atoms with E-state index in [4.69, 9.17) is 0 Å². The predicted molar refractivity (Wildman–Crippen MR) is 115 cm³/mol.